The molecule has 0 unspecified atom stereocenters. The molecule has 0 atom stereocenters. The number of carbonyl (C=O) groups excluding carboxylic acids is 1. The van der Waals surface area contributed by atoms with Crippen LogP contribution in [-0.2, 0) is 4.79 Å². The molecule has 50 valence electrons. The normalized spacial score (nSPS) is 10.3. The van der Waals surface area contributed by atoms with Crippen molar-refractivity contribution in [2.45, 2.75) is 10.5 Å². The summed E-state index contributed by atoms with van der Waals surface area (Å²) in [5.74, 6) is -0.698. The molecule has 9 heavy (non-hydrogen) atoms. The van der Waals surface area contributed by atoms with Crippen molar-refractivity contribution < 1.29 is 4.79 Å². The summed E-state index contributed by atoms with van der Waals surface area (Å²) >= 11 is 7.46. The van der Waals surface area contributed by atoms with Crippen molar-refractivity contribution in [3.63, 3.8) is 0 Å². The average Bonchev–Trinajstić information content (AvgIpc) is 1.65. The first-order chi connectivity index (χ1) is 4.00. The zero-order chi connectivity index (χ0) is 7.49. The second-order valence-electron chi connectivity index (χ2n) is 1.52. The molecule has 0 rings (SSSR count). The molecule has 3 nitrogen and oxygen atoms in total. The largest absolute Gasteiger partial charge is 0.368 e. The summed E-state index contributed by atoms with van der Waals surface area (Å²) in [4.78, 5) is 10.3. The summed E-state index contributed by atoms with van der Waals surface area (Å²) in [7, 11) is 0. The lowest BCUT2D eigenvalue weighted by Gasteiger charge is -2.12. The first-order valence-corrected chi connectivity index (χ1v) is 3.02. The lowest BCUT2D eigenvalue weighted by atomic mass is 10.3. The first-order valence-electron chi connectivity index (χ1n) is 2.12. The maximum absolute atomic E-state index is 10.3. The quantitative estimate of drug-likeness (QED) is 0.393. The number of amides is 1. The number of hydrogen-bond donors (Lipinski definition) is 3. The lowest BCUT2D eigenvalue weighted by Crippen LogP contribution is -2.32. The highest BCUT2D eigenvalue weighted by Crippen LogP contribution is 2.22. The highest BCUT2D eigenvalue weighted by molar-refractivity contribution is 8.02. The van der Waals surface area contributed by atoms with E-state index in [0.29, 0.717) is 0 Å². The van der Waals surface area contributed by atoms with Crippen molar-refractivity contribution in [3.05, 3.63) is 0 Å². The summed E-state index contributed by atoms with van der Waals surface area (Å²) in [5, 5.41) is 8.10. The molecule has 1 amide bonds. The van der Waals surface area contributed by atoms with Gasteiger partial charge in [-0.05, 0) is 0 Å². The van der Waals surface area contributed by atoms with Crippen LogP contribution in [-0.4, -0.2) is 9.99 Å². The van der Waals surface area contributed by atoms with Crippen molar-refractivity contribution in [3.8, 4) is 6.07 Å². The molecule has 0 aliphatic rings. The molecule has 2 N–H and O–H groups in total. The van der Waals surface area contributed by atoms with Crippen molar-refractivity contribution in [1.82, 2.24) is 0 Å². The number of thiol groups is 2. The Labute approximate surface area is 64.0 Å². The molecule has 0 aliphatic carbocycles. The fourth-order valence-electron chi connectivity index (χ4n) is 0.197. The van der Waals surface area contributed by atoms with Gasteiger partial charge in [0.1, 0.15) is 4.08 Å². The van der Waals surface area contributed by atoms with Crippen LogP contribution in [0.1, 0.15) is 6.42 Å². The van der Waals surface area contributed by atoms with Crippen LogP contribution in [0.15, 0.2) is 0 Å². The summed E-state index contributed by atoms with van der Waals surface area (Å²) in [5.41, 5.74) is 4.81. The highest BCUT2D eigenvalue weighted by atomic mass is 32.2. The molecule has 0 aromatic carbocycles. The molecule has 0 aromatic rings. The standard InChI is InChI=1S/C4H6N2OS2/c5-2-1-4(8,9)3(6)7/h8-9H,1H2,(H2,6,7). The predicted octanol–water partition coefficient (Wildman–Crippen LogP) is -0.0587. The summed E-state index contributed by atoms with van der Waals surface area (Å²) in [6.45, 7) is 0. The van der Waals surface area contributed by atoms with Gasteiger partial charge in [-0.15, -0.1) is 0 Å². The number of nitrogens with two attached hydrogens (primary N) is 1. The van der Waals surface area contributed by atoms with Gasteiger partial charge in [0.2, 0.25) is 5.91 Å². The van der Waals surface area contributed by atoms with E-state index in [-0.39, 0.29) is 6.42 Å². The topological polar surface area (TPSA) is 66.9 Å². The van der Waals surface area contributed by atoms with Gasteiger partial charge in [0.25, 0.3) is 0 Å². The molecule has 0 radical (unpaired) electrons. The van der Waals surface area contributed by atoms with Gasteiger partial charge in [-0.2, -0.15) is 30.5 Å². The van der Waals surface area contributed by atoms with Crippen LogP contribution in [0.25, 0.3) is 0 Å². The Morgan fingerprint density at radius 1 is 1.78 bits per heavy atom. The molecular weight excluding hydrogens is 156 g/mol. The Hall–Kier alpha value is -0.340. The third-order valence-corrected chi connectivity index (χ3v) is 1.48. The van der Waals surface area contributed by atoms with E-state index < -0.39 is 9.99 Å². The molecule has 0 spiro atoms. The van der Waals surface area contributed by atoms with E-state index in [1.807, 2.05) is 0 Å². The molecule has 0 aromatic heterocycles. The third kappa shape index (κ3) is 2.63. The second kappa shape index (κ2) is 2.99. The van der Waals surface area contributed by atoms with Crippen LogP contribution < -0.4 is 5.73 Å². The van der Waals surface area contributed by atoms with Crippen LogP contribution in [0.2, 0.25) is 0 Å². The van der Waals surface area contributed by atoms with Crippen LogP contribution in [0.5, 0.6) is 0 Å². The van der Waals surface area contributed by atoms with Crippen LogP contribution in [0.4, 0.5) is 0 Å². The molecule has 5 heteroatoms. The predicted molar refractivity (Wildman–Crippen MR) is 40.1 cm³/mol. The molecule has 0 heterocycles. The van der Waals surface area contributed by atoms with E-state index in [2.05, 4.69) is 25.3 Å². The minimum atomic E-state index is -1.28. The van der Waals surface area contributed by atoms with Gasteiger partial charge < -0.3 is 5.73 Å². The van der Waals surface area contributed by atoms with Gasteiger partial charge in [-0.25, -0.2) is 0 Å². The molecule has 0 fully saturated rings. The van der Waals surface area contributed by atoms with E-state index in [9.17, 15) is 4.79 Å². The maximum atomic E-state index is 10.3. The van der Waals surface area contributed by atoms with E-state index in [1.54, 1.807) is 6.07 Å². The van der Waals surface area contributed by atoms with E-state index in [1.165, 1.54) is 0 Å². The molecule has 0 bridgehead atoms. The zero-order valence-corrected chi connectivity index (χ0v) is 6.32. The number of carbonyl (C=O) groups is 1. The summed E-state index contributed by atoms with van der Waals surface area (Å²) in [6, 6.07) is 1.74. The van der Waals surface area contributed by atoms with Crippen molar-refractivity contribution in [2.75, 3.05) is 0 Å². The third-order valence-electron chi connectivity index (χ3n) is 0.720. The number of nitrogens with zero attached hydrogens (tertiary/aromatic N) is 1. The highest BCUT2D eigenvalue weighted by Gasteiger charge is 2.26. The molecule has 0 saturated carbocycles. The van der Waals surface area contributed by atoms with Gasteiger partial charge >= 0.3 is 0 Å². The monoisotopic (exact) mass is 162 g/mol. The van der Waals surface area contributed by atoms with Crippen molar-refractivity contribution in [1.29, 1.82) is 5.26 Å². The molecular formula is C4H6N2OS2. The van der Waals surface area contributed by atoms with Crippen LogP contribution in [0.3, 0.4) is 0 Å². The number of rotatable bonds is 2. The number of hydrogen-bond acceptors (Lipinski definition) is 4. The minimum Gasteiger partial charge on any atom is -0.368 e. The Bertz CT molecular complexity index is 160. The van der Waals surface area contributed by atoms with Crippen molar-refractivity contribution in [2.24, 2.45) is 5.73 Å². The molecule has 0 saturated heterocycles. The van der Waals surface area contributed by atoms with Gasteiger partial charge in [-0.3, -0.25) is 4.79 Å². The number of primary amides is 1. The first kappa shape index (κ1) is 8.66. The minimum absolute atomic E-state index is 0.0887. The fraction of sp³-hybridized carbons (Fsp3) is 0.500. The fourth-order valence-corrected chi connectivity index (χ4v) is 0.339. The van der Waals surface area contributed by atoms with Gasteiger partial charge in [0, 0.05) is 0 Å². The van der Waals surface area contributed by atoms with E-state index in [0.717, 1.165) is 0 Å². The van der Waals surface area contributed by atoms with E-state index >= 15 is 0 Å². The Morgan fingerprint density at radius 3 is 2.33 bits per heavy atom. The van der Waals surface area contributed by atoms with Gasteiger partial charge in [-0.1, -0.05) is 0 Å². The smallest absolute Gasteiger partial charge is 0.244 e. The van der Waals surface area contributed by atoms with Crippen LogP contribution in [0, 0.1) is 11.3 Å². The second-order valence-corrected chi connectivity index (χ2v) is 3.40. The Kier molecular flexibility index (Phi) is 2.88. The maximum Gasteiger partial charge on any atom is 0.244 e. The number of nitriles is 1. The summed E-state index contributed by atoms with van der Waals surface area (Å²) < 4.78 is -1.28. The molecule has 0 aliphatic heterocycles. The SMILES string of the molecule is N#CCC(S)(S)C(N)=O. The summed E-state index contributed by atoms with van der Waals surface area (Å²) in [6.07, 6.45) is -0.0887. The van der Waals surface area contributed by atoms with Crippen LogP contribution >= 0.6 is 25.3 Å². The Morgan fingerprint density at radius 2 is 2.22 bits per heavy atom. The van der Waals surface area contributed by atoms with Crippen molar-refractivity contribution >= 4 is 31.2 Å². The van der Waals surface area contributed by atoms with Gasteiger partial charge in [0.05, 0.1) is 12.5 Å². The average molecular weight is 162 g/mol. The lowest BCUT2D eigenvalue weighted by molar-refractivity contribution is -0.118. The van der Waals surface area contributed by atoms with Gasteiger partial charge in [0.15, 0.2) is 0 Å². The Balaban J connectivity index is 4.06. The zero-order valence-electron chi connectivity index (χ0n) is 4.53. The van der Waals surface area contributed by atoms with E-state index in [4.69, 9.17) is 11.0 Å².